The van der Waals surface area contributed by atoms with Crippen LogP contribution in [-0.4, -0.2) is 22.3 Å². The summed E-state index contributed by atoms with van der Waals surface area (Å²) in [5, 5.41) is 20.8. The number of diazo groups is 1. The highest BCUT2D eigenvalue weighted by Gasteiger charge is 2.20. The van der Waals surface area contributed by atoms with Crippen LogP contribution in [-0.2, 0) is 9.47 Å². The van der Waals surface area contributed by atoms with E-state index in [-0.39, 0.29) is 5.95 Å². The second-order valence-corrected chi connectivity index (χ2v) is 8.62. The second kappa shape index (κ2) is 8.36. The van der Waals surface area contributed by atoms with Gasteiger partial charge in [-0.3, -0.25) is 0 Å². The van der Waals surface area contributed by atoms with Gasteiger partial charge in [-0.25, -0.2) is 4.79 Å². The van der Waals surface area contributed by atoms with Gasteiger partial charge in [0, 0.05) is 0 Å². The van der Waals surface area contributed by atoms with E-state index in [4.69, 9.17) is 9.47 Å². The second-order valence-electron chi connectivity index (χ2n) is 8.62. The van der Waals surface area contributed by atoms with Crippen molar-refractivity contribution in [2.45, 2.75) is 52.7 Å². The number of ether oxygens (including phenoxy) is 2. The predicted octanol–water partition coefficient (Wildman–Crippen LogP) is 4.09. The molecule has 0 saturated carbocycles. The van der Waals surface area contributed by atoms with Crippen LogP contribution in [0.5, 0.6) is 0 Å². The molecule has 0 fully saturated rings. The molecule has 0 bridgehead atoms. The van der Waals surface area contributed by atoms with Crippen molar-refractivity contribution in [2.75, 3.05) is 0 Å². The van der Waals surface area contributed by atoms with Gasteiger partial charge in [-0.05, 0) is 90.1 Å². The molecule has 0 aliphatic carbocycles. The van der Waals surface area contributed by atoms with Crippen LogP contribution in [0.15, 0.2) is 48.5 Å². The van der Waals surface area contributed by atoms with Gasteiger partial charge in [-0.1, -0.05) is 0 Å². The first-order chi connectivity index (χ1) is 13.4. The van der Waals surface area contributed by atoms with Crippen LogP contribution in [0.2, 0.25) is 0 Å². The zero-order valence-electron chi connectivity index (χ0n) is 17.7. The molecule has 29 heavy (non-hydrogen) atoms. The Hall–Kier alpha value is -3.33. The molecule has 0 aromatic heterocycles. The summed E-state index contributed by atoms with van der Waals surface area (Å²) < 4.78 is 10.8. The number of hydrogen-bond acceptors (Lipinski definition) is 5. The Bertz CT molecular complexity index is 1030. The van der Waals surface area contributed by atoms with Gasteiger partial charge < -0.3 is 14.6 Å². The molecule has 0 spiro atoms. The van der Waals surface area contributed by atoms with E-state index in [9.17, 15) is 15.3 Å². The monoisotopic (exact) mass is 395 g/mol. The minimum Gasteiger partial charge on any atom is -0.481 e. The summed E-state index contributed by atoms with van der Waals surface area (Å²) in [6, 6.07) is 13.4. The van der Waals surface area contributed by atoms with E-state index < -0.39 is 17.2 Å². The van der Waals surface area contributed by atoms with E-state index in [1.165, 1.54) is 0 Å². The molecule has 0 radical (unpaired) electrons. The molecule has 6 nitrogen and oxygen atoms in total. The zero-order chi connectivity index (χ0) is 21.8. The minimum atomic E-state index is -0.575. The van der Waals surface area contributed by atoms with Crippen molar-refractivity contribution in [1.82, 2.24) is 0 Å². The fourth-order valence-corrected chi connectivity index (χ4v) is 2.50. The molecule has 152 valence electrons. The maximum absolute atomic E-state index is 12.1. The minimum absolute atomic E-state index is 0.173. The van der Waals surface area contributed by atoms with Crippen LogP contribution in [0.25, 0.3) is 16.6 Å². The van der Waals surface area contributed by atoms with Crippen LogP contribution >= 0.6 is 0 Å². The van der Waals surface area contributed by atoms with Crippen molar-refractivity contribution < 1.29 is 19.4 Å². The SMILES string of the molecule is CC(C)(C)OC(=O)c1ccc(C([N+]#N)=c2ccc(=C(O)OC(C)(C)C)cc2)cc1. The number of rotatable bonds is 3. The molecule has 0 atom stereocenters. The summed E-state index contributed by atoms with van der Waals surface area (Å²) >= 11 is 0. The van der Waals surface area contributed by atoms with E-state index >= 15 is 0 Å². The first kappa shape index (κ1) is 22.0. The highest BCUT2D eigenvalue weighted by atomic mass is 16.6. The Morgan fingerprint density at radius 2 is 1.24 bits per heavy atom. The van der Waals surface area contributed by atoms with E-state index in [0.717, 1.165) is 0 Å². The Kier molecular flexibility index (Phi) is 6.33. The molecule has 0 saturated heterocycles. The highest BCUT2D eigenvalue weighted by Crippen LogP contribution is 2.17. The standard InChI is InChI=1S/C23H26N2O4/c1-22(2,3)28-20(26)17-11-7-15(8-12-17)19(25-24)16-9-13-18(14-10-16)21(27)29-23(4,5)6/h7-14H,1-6H3/p+1. The smallest absolute Gasteiger partial charge is 0.399 e. The Morgan fingerprint density at radius 3 is 1.69 bits per heavy atom. The Morgan fingerprint density at radius 1 is 0.793 bits per heavy atom. The summed E-state index contributed by atoms with van der Waals surface area (Å²) in [6.07, 6.45) is 0. The largest absolute Gasteiger partial charge is 0.481 e. The lowest BCUT2D eigenvalue weighted by Crippen LogP contribution is -2.23. The fourth-order valence-electron chi connectivity index (χ4n) is 2.50. The summed E-state index contributed by atoms with van der Waals surface area (Å²) in [4.78, 5) is 15.5. The summed E-state index contributed by atoms with van der Waals surface area (Å²) in [7, 11) is 0. The Labute approximate surface area is 170 Å². The zero-order valence-corrected chi connectivity index (χ0v) is 17.7. The molecule has 0 heterocycles. The van der Waals surface area contributed by atoms with Crippen molar-refractivity contribution >= 4 is 17.6 Å². The molecule has 0 aliphatic heterocycles. The average molecular weight is 395 g/mol. The molecule has 0 aliphatic rings. The molecule has 1 N–H and O–H groups in total. The number of esters is 1. The van der Waals surface area contributed by atoms with Crippen LogP contribution in [0.4, 0.5) is 0 Å². The topological polar surface area (TPSA) is 83.9 Å². The number of carbonyl (C=O) groups is 1. The van der Waals surface area contributed by atoms with Crippen molar-refractivity contribution in [3.63, 3.8) is 0 Å². The van der Waals surface area contributed by atoms with Crippen molar-refractivity contribution in [3.05, 3.63) is 75.1 Å². The third-order valence-electron chi connectivity index (χ3n) is 3.70. The predicted molar refractivity (Wildman–Crippen MR) is 112 cm³/mol. The molecule has 2 rings (SSSR count). The van der Waals surface area contributed by atoms with Crippen molar-refractivity contribution in [2.24, 2.45) is 0 Å². The molecular formula is C23H27N2O4+. The van der Waals surface area contributed by atoms with Crippen LogP contribution < -0.4 is 10.4 Å². The molecule has 6 heteroatoms. The lowest BCUT2D eigenvalue weighted by molar-refractivity contribution is 0.00693. The maximum Gasteiger partial charge on any atom is 0.399 e. The third-order valence-corrected chi connectivity index (χ3v) is 3.70. The summed E-state index contributed by atoms with van der Waals surface area (Å²) in [5.74, 6) is -0.589. The normalized spacial score (nSPS) is 11.3. The number of carbonyl (C=O) groups excluding carboxylic acids is 1. The van der Waals surface area contributed by atoms with Crippen molar-refractivity contribution in [3.8, 4) is 0 Å². The van der Waals surface area contributed by atoms with E-state index in [1.807, 2.05) is 20.8 Å². The molecule has 2 aromatic carbocycles. The lowest BCUT2D eigenvalue weighted by Gasteiger charge is -2.19. The Balaban J connectivity index is 2.38. The fraction of sp³-hybridized carbons (Fsp3) is 0.348. The molecule has 0 amide bonds. The number of hydrogen-bond donors (Lipinski definition) is 1. The first-order valence-electron chi connectivity index (χ1n) is 9.31. The average Bonchev–Trinajstić information content (AvgIpc) is 2.60. The molecule has 0 unspecified atom stereocenters. The van der Waals surface area contributed by atoms with Crippen LogP contribution in [0.1, 0.15) is 57.5 Å². The number of nitrogens with zero attached hydrogens (tertiary/aromatic N) is 2. The molecular weight excluding hydrogens is 368 g/mol. The molecule has 2 aromatic rings. The van der Waals surface area contributed by atoms with Gasteiger partial charge in [0.25, 0.3) is 5.95 Å². The van der Waals surface area contributed by atoms with Gasteiger partial charge >= 0.3 is 11.7 Å². The van der Waals surface area contributed by atoms with Gasteiger partial charge in [0.1, 0.15) is 11.2 Å². The number of benzene rings is 2. The van der Waals surface area contributed by atoms with E-state index in [2.05, 4.69) is 4.98 Å². The van der Waals surface area contributed by atoms with E-state index in [0.29, 0.717) is 27.3 Å². The van der Waals surface area contributed by atoms with Gasteiger partial charge in [-0.15, -0.1) is 0 Å². The lowest BCUT2D eigenvalue weighted by atomic mass is 10.1. The van der Waals surface area contributed by atoms with Gasteiger partial charge in [0.2, 0.25) is 5.39 Å². The van der Waals surface area contributed by atoms with Crippen molar-refractivity contribution in [1.29, 1.82) is 5.39 Å². The summed E-state index contributed by atoms with van der Waals surface area (Å²) in [6.45, 7) is 10.9. The maximum atomic E-state index is 12.1. The third kappa shape index (κ3) is 6.35. The highest BCUT2D eigenvalue weighted by molar-refractivity contribution is 5.90. The summed E-state index contributed by atoms with van der Waals surface area (Å²) in [5.41, 5.74) is 0.288. The van der Waals surface area contributed by atoms with Gasteiger partial charge in [0.15, 0.2) is 4.98 Å². The van der Waals surface area contributed by atoms with Gasteiger partial charge in [0.05, 0.1) is 21.6 Å². The van der Waals surface area contributed by atoms with E-state index in [1.54, 1.807) is 69.3 Å². The number of aliphatic hydroxyl groups is 1. The van der Waals surface area contributed by atoms with Crippen LogP contribution in [0, 0.1) is 5.39 Å². The van der Waals surface area contributed by atoms with Gasteiger partial charge in [-0.2, -0.15) is 0 Å². The quantitative estimate of drug-likeness (QED) is 0.625. The first-order valence-corrected chi connectivity index (χ1v) is 9.31. The number of aliphatic hydroxyl groups excluding tert-OH is 1. The van der Waals surface area contributed by atoms with Crippen LogP contribution in [0.3, 0.4) is 0 Å².